The number of aliphatic hydroxyl groups is 1. The predicted octanol–water partition coefficient (Wildman–Crippen LogP) is 4.38. The van der Waals surface area contributed by atoms with Crippen LogP contribution in [0.15, 0.2) is 28.7 Å². The fraction of sp³-hybridized carbons (Fsp3) is 0.625. The average molecular weight is 328 g/mol. The minimum atomic E-state index is -0.387. The van der Waals surface area contributed by atoms with Gasteiger partial charge in [0.2, 0.25) is 0 Å². The molecule has 1 aromatic carbocycles. The first kappa shape index (κ1) is 16.7. The summed E-state index contributed by atoms with van der Waals surface area (Å²) in [6.45, 7) is 7.34. The number of halogens is 1. The van der Waals surface area contributed by atoms with Crippen LogP contribution in [-0.2, 0) is 0 Å². The second kappa shape index (κ2) is 9.51. The highest BCUT2D eigenvalue weighted by Gasteiger charge is 2.12. The summed E-state index contributed by atoms with van der Waals surface area (Å²) in [5.41, 5.74) is 1.00. The Hall–Kier alpha value is -0.380. The molecule has 0 saturated heterocycles. The molecule has 1 atom stereocenters. The molecular formula is C16H26BrNO. The van der Waals surface area contributed by atoms with E-state index in [9.17, 15) is 5.11 Å². The Bertz CT molecular complexity index is 331. The van der Waals surface area contributed by atoms with Gasteiger partial charge in [-0.25, -0.2) is 0 Å². The molecule has 2 nitrogen and oxygen atoms in total. The van der Waals surface area contributed by atoms with Gasteiger partial charge in [0, 0.05) is 11.0 Å². The molecule has 1 aromatic rings. The predicted molar refractivity (Wildman–Crippen MR) is 85.4 cm³/mol. The highest BCUT2D eigenvalue weighted by molar-refractivity contribution is 9.10. The highest BCUT2D eigenvalue weighted by Crippen LogP contribution is 2.18. The zero-order valence-corrected chi connectivity index (χ0v) is 13.7. The van der Waals surface area contributed by atoms with E-state index >= 15 is 0 Å². The fourth-order valence-electron chi connectivity index (χ4n) is 2.09. The molecule has 108 valence electrons. The Balaban J connectivity index is 2.53. The largest absolute Gasteiger partial charge is 0.387 e. The van der Waals surface area contributed by atoms with Crippen molar-refractivity contribution in [2.24, 2.45) is 0 Å². The van der Waals surface area contributed by atoms with Gasteiger partial charge in [-0.2, -0.15) is 0 Å². The van der Waals surface area contributed by atoms with Crippen LogP contribution in [0.3, 0.4) is 0 Å². The Morgan fingerprint density at radius 1 is 1.05 bits per heavy atom. The third-order valence-corrected chi connectivity index (χ3v) is 3.87. The molecule has 0 saturated carbocycles. The van der Waals surface area contributed by atoms with Gasteiger partial charge in [-0.15, -0.1) is 0 Å². The lowest BCUT2D eigenvalue weighted by molar-refractivity contribution is 0.111. The lowest BCUT2D eigenvalue weighted by atomic mass is 10.1. The number of nitrogens with zero attached hydrogens (tertiary/aromatic N) is 1. The summed E-state index contributed by atoms with van der Waals surface area (Å²) in [7, 11) is 0. The molecule has 0 bridgehead atoms. The van der Waals surface area contributed by atoms with Crippen LogP contribution in [0.4, 0.5) is 0 Å². The maximum Gasteiger partial charge on any atom is 0.0916 e. The van der Waals surface area contributed by atoms with Crippen molar-refractivity contribution in [1.29, 1.82) is 0 Å². The molecule has 0 radical (unpaired) electrons. The van der Waals surface area contributed by atoms with Gasteiger partial charge in [-0.3, -0.25) is 0 Å². The van der Waals surface area contributed by atoms with Gasteiger partial charge < -0.3 is 10.0 Å². The van der Waals surface area contributed by atoms with Crippen molar-refractivity contribution in [3.05, 3.63) is 34.3 Å². The van der Waals surface area contributed by atoms with Crippen LogP contribution in [0, 0.1) is 0 Å². The van der Waals surface area contributed by atoms with E-state index in [1.54, 1.807) is 0 Å². The quantitative estimate of drug-likeness (QED) is 0.727. The van der Waals surface area contributed by atoms with E-state index < -0.39 is 0 Å². The van der Waals surface area contributed by atoms with Crippen molar-refractivity contribution in [1.82, 2.24) is 4.90 Å². The smallest absolute Gasteiger partial charge is 0.0916 e. The molecule has 0 amide bonds. The van der Waals surface area contributed by atoms with Gasteiger partial charge in [0.15, 0.2) is 0 Å². The summed E-state index contributed by atoms with van der Waals surface area (Å²) in [4.78, 5) is 2.39. The Labute approximate surface area is 126 Å². The maximum atomic E-state index is 10.3. The number of aliphatic hydroxyl groups excluding tert-OH is 1. The van der Waals surface area contributed by atoms with E-state index in [1.165, 1.54) is 25.7 Å². The fourth-order valence-corrected chi connectivity index (χ4v) is 2.36. The normalized spacial score (nSPS) is 12.9. The monoisotopic (exact) mass is 327 g/mol. The summed E-state index contributed by atoms with van der Waals surface area (Å²) in [5.74, 6) is 0. The molecule has 0 aliphatic rings. The van der Waals surface area contributed by atoms with Crippen molar-refractivity contribution in [2.75, 3.05) is 19.6 Å². The first-order valence-electron chi connectivity index (χ1n) is 7.33. The number of unbranched alkanes of at least 4 members (excludes halogenated alkanes) is 2. The lowest BCUT2D eigenvalue weighted by Crippen LogP contribution is -2.30. The third-order valence-electron chi connectivity index (χ3n) is 3.34. The second-order valence-electron chi connectivity index (χ2n) is 5.08. The van der Waals surface area contributed by atoms with E-state index in [4.69, 9.17) is 0 Å². The van der Waals surface area contributed by atoms with Crippen LogP contribution in [-0.4, -0.2) is 29.6 Å². The van der Waals surface area contributed by atoms with E-state index in [0.717, 1.165) is 29.7 Å². The van der Waals surface area contributed by atoms with Crippen molar-refractivity contribution in [3.63, 3.8) is 0 Å². The zero-order valence-electron chi connectivity index (χ0n) is 12.1. The maximum absolute atomic E-state index is 10.3. The van der Waals surface area contributed by atoms with Crippen LogP contribution in [0.2, 0.25) is 0 Å². The number of rotatable bonds is 9. The number of hydrogen-bond donors (Lipinski definition) is 1. The number of benzene rings is 1. The summed E-state index contributed by atoms with van der Waals surface area (Å²) in [6, 6.07) is 7.96. The van der Waals surface area contributed by atoms with Gasteiger partial charge in [0.05, 0.1) is 6.10 Å². The molecule has 0 fully saturated rings. The second-order valence-corrected chi connectivity index (χ2v) is 5.99. The molecule has 0 aliphatic heterocycles. The van der Waals surface area contributed by atoms with Crippen molar-refractivity contribution >= 4 is 15.9 Å². The molecule has 19 heavy (non-hydrogen) atoms. The SMILES string of the molecule is CCCCN(CCCC)C[C@@H](O)c1ccc(Br)cc1. The van der Waals surface area contributed by atoms with Crippen molar-refractivity contribution in [2.45, 2.75) is 45.6 Å². The van der Waals surface area contributed by atoms with Crippen LogP contribution in [0.5, 0.6) is 0 Å². The molecular weight excluding hydrogens is 302 g/mol. The zero-order chi connectivity index (χ0) is 14.1. The Morgan fingerprint density at radius 3 is 2.05 bits per heavy atom. The van der Waals surface area contributed by atoms with E-state index in [1.807, 2.05) is 24.3 Å². The number of hydrogen-bond acceptors (Lipinski definition) is 2. The molecule has 1 N–H and O–H groups in total. The lowest BCUT2D eigenvalue weighted by Gasteiger charge is -2.25. The summed E-state index contributed by atoms with van der Waals surface area (Å²) < 4.78 is 1.05. The van der Waals surface area contributed by atoms with Crippen molar-refractivity contribution < 1.29 is 5.11 Å². The molecule has 3 heteroatoms. The van der Waals surface area contributed by atoms with E-state index in [2.05, 4.69) is 34.7 Å². The third kappa shape index (κ3) is 6.55. The topological polar surface area (TPSA) is 23.5 Å². The van der Waals surface area contributed by atoms with Crippen LogP contribution < -0.4 is 0 Å². The van der Waals surface area contributed by atoms with E-state index in [0.29, 0.717) is 0 Å². The van der Waals surface area contributed by atoms with Gasteiger partial charge in [-0.05, 0) is 43.6 Å². The average Bonchev–Trinajstić information content (AvgIpc) is 2.42. The van der Waals surface area contributed by atoms with E-state index in [-0.39, 0.29) is 6.10 Å². The molecule has 0 unspecified atom stereocenters. The molecule has 1 rings (SSSR count). The van der Waals surface area contributed by atoms with Gasteiger partial charge >= 0.3 is 0 Å². The Morgan fingerprint density at radius 2 is 1.58 bits per heavy atom. The minimum absolute atomic E-state index is 0.387. The van der Waals surface area contributed by atoms with Crippen LogP contribution in [0.25, 0.3) is 0 Å². The van der Waals surface area contributed by atoms with Gasteiger partial charge in [0.1, 0.15) is 0 Å². The highest BCUT2D eigenvalue weighted by atomic mass is 79.9. The van der Waals surface area contributed by atoms with Gasteiger partial charge in [0.25, 0.3) is 0 Å². The summed E-state index contributed by atoms with van der Waals surface area (Å²) in [6.07, 6.45) is 4.43. The molecule has 0 spiro atoms. The van der Waals surface area contributed by atoms with Crippen LogP contribution >= 0.6 is 15.9 Å². The molecule has 0 aromatic heterocycles. The first-order valence-corrected chi connectivity index (χ1v) is 8.12. The first-order chi connectivity index (χ1) is 9.17. The minimum Gasteiger partial charge on any atom is -0.387 e. The standard InChI is InChI=1S/C16H26BrNO/c1-3-5-11-18(12-6-4-2)13-16(19)14-7-9-15(17)10-8-14/h7-10,16,19H,3-6,11-13H2,1-2H3/t16-/m1/s1. The van der Waals surface area contributed by atoms with Gasteiger partial charge in [-0.1, -0.05) is 54.8 Å². The summed E-state index contributed by atoms with van der Waals surface area (Å²) in [5, 5.41) is 10.3. The van der Waals surface area contributed by atoms with Crippen LogP contribution in [0.1, 0.15) is 51.2 Å². The molecule has 0 heterocycles. The summed E-state index contributed by atoms with van der Waals surface area (Å²) >= 11 is 3.42. The van der Waals surface area contributed by atoms with Crippen molar-refractivity contribution in [3.8, 4) is 0 Å². The molecule has 0 aliphatic carbocycles. The Kier molecular flexibility index (Phi) is 8.35.